The molecule has 0 aliphatic carbocycles. The summed E-state index contributed by atoms with van der Waals surface area (Å²) in [5.74, 6) is 1.72. The SMILES string of the molecule is Cn1c(SCCN2CCCC2)nnc1C1CCCN1CC(N)=O. The summed E-state index contributed by atoms with van der Waals surface area (Å²) in [4.78, 5) is 15.8. The highest BCUT2D eigenvalue weighted by atomic mass is 32.2. The molecule has 1 atom stereocenters. The lowest BCUT2D eigenvalue weighted by molar-refractivity contribution is -0.119. The Kier molecular flexibility index (Phi) is 5.55. The number of amides is 1. The Morgan fingerprint density at radius 1 is 1.26 bits per heavy atom. The average molecular weight is 338 g/mol. The second kappa shape index (κ2) is 7.63. The third-order valence-corrected chi connectivity index (χ3v) is 5.73. The maximum absolute atomic E-state index is 11.2. The maximum atomic E-state index is 11.2. The number of nitrogens with zero attached hydrogens (tertiary/aromatic N) is 5. The van der Waals surface area contributed by atoms with Crippen molar-refractivity contribution in [3.8, 4) is 0 Å². The quantitative estimate of drug-likeness (QED) is 0.735. The van der Waals surface area contributed by atoms with E-state index < -0.39 is 0 Å². The molecule has 0 radical (unpaired) electrons. The molecule has 0 spiro atoms. The van der Waals surface area contributed by atoms with Gasteiger partial charge in [-0.1, -0.05) is 11.8 Å². The summed E-state index contributed by atoms with van der Waals surface area (Å²) in [5.41, 5.74) is 5.35. The van der Waals surface area contributed by atoms with E-state index in [0.717, 1.165) is 42.7 Å². The van der Waals surface area contributed by atoms with Gasteiger partial charge in [-0.05, 0) is 45.3 Å². The summed E-state index contributed by atoms with van der Waals surface area (Å²) in [6.07, 6.45) is 4.74. The number of thioether (sulfide) groups is 1. The second-order valence-corrected chi connectivity index (χ2v) is 7.45. The fourth-order valence-electron chi connectivity index (χ4n) is 3.52. The molecule has 1 amide bonds. The monoisotopic (exact) mass is 338 g/mol. The van der Waals surface area contributed by atoms with E-state index in [2.05, 4.69) is 24.6 Å². The molecule has 0 aromatic carbocycles. The average Bonchev–Trinajstić information content (AvgIpc) is 3.22. The van der Waals surface area contributed by atoms with Crippen molar-refractivity contribution in [2.45, 2.75) is 36.9 Å². The first-order chi connectivity index (χ1) is 11.1. The predicted molar refractivity (Wildman–Crippen MR) is 90.1 cm³/mol. The van der Waals surface area contributed by atoms with E-state index in [1.807, 2.05) is 7.05 Å². The molecule has 0 saturated carbocycles. The van der Waals surface area contributed by atoms with Crippen LogP contribution in [0.3, 0.4) is 0 Å². The first kappa shape index (κ1) is 16.7. The summed E-state index contributed by atoms with van der Waals surface area (Å²) in [7, 11) is 2.02. The van der Waals surface area contributed by atoms with Crippen LogP contribution in [0.25, 0.3) is 0 Å². The molecule has 8 heteroatoms. The molecule has 2 aliphatic heterocycles. The molecular weight excluding hydrogens is 312 g/mol. The van der Waals surface area contributed by atoms with Crippen molar-refractivity contribution in [2.24, 2.45) is 12.8 Å². The molecule has 2 aliphatic rings. The second-order valence-electron chi connectivity index (χ2n) is 6.39. The minimum absolute atomic E-state index is 0.160. The highest BCUT2D eigenvalue weighted by Gasteiger charge is 2.31. The summed E-state index contributed by atoms with van der Waals surface area (Å²) >= 11 is 1.77. The van der Waals surface area contributed by atoms with Gasteiger partial charge in [0, 0.05) is 19.3 Å². The Hall–Kier alpha value is -1.12. The van der Waals surface area contributed by atoms with Gasteiger partial charge in [0.15, 0.2) is 11.0 Å². The Balaban J connectivity index is 1.58. The molecule has 23 heavy (non-hydrogen) atoms. The first-order valence-corrected chi connectivity index (χ1v) is 9.40. The van der Waals surface area contributed by atoms with Crippen LogP contribution in [0.5, 0.6) is 0 Å². The molecule has 3 heterocycles. The number of carbonyl (C=O) groups excluding carboxylic acids is 1. The van der Waals surface area contributed by atoms with Gasteiger partial charge in [0.05, 0.1) is 12.6 Å². The number of carbonyl (C=O) groups is 1. The van der Waals surface area contributed by atoms with Crippen molar-refractivity contribution >= 4 is 17.7 Å². The van der Waals surface area contributed by atoms with Crippen molar-refractivity contribution in [1.82, 2.24) is 24.6 Å². The lowest BCUT2D eigenvalue weighted by atomic mass is 10.2. The summed E-state index contributed by atoms with van der Waals surface area (Å²) in [5, 5.41) is 9.71. The van der Waals surface area contributed by atoms with Crippen molar-refractivity contribution in [1.29, 1.82) is 0 Å². The van der Waals surface area contributed by atoms with Crippen LogP contribution in [-0.4, -0.2) is 68.9 Å². The minimum Gasteiger partial charge on any atom is -0.369 e. The van der Waals surface area contributed by atoms with E-state index in [9.17, 15) is 4.79 Å². The van der Waals surface area contributed by atoms with Gasteiger partial charge in [-0.3, -0.25) is 9.69 Å². The number of likely N-dealkylation sites (tertiary alicyclic amines) is 2. The van der Waals surface area contributed by atoms with Crippen LogP contribution in [0.1, 0.15) is 37.5 Å². The Morgan fingerprint density at radius 2 is 2.04 bits per heavy atom. The number of aromatic nitrogens is 3. The van der Waals surface area contributed by atoms with Crippen LogP contribution in [0.2, 0.25) is 0 Å². The Bertz CT molecular complexity index is 542. The van der Waals surface area contributed by atoms with Crippen molar-refractivity contribution < 1.29 is 4.79 Å². The molecule has 7 nitrogen and oxygen atoms in total. The number of nitrogens with two attached hydrogens (primary N) is 1. The van der Waals surface area contributed by atoms with Crippen LogP contribution < -0.4 is 5.73 Å². The third kappa shape index (κ3) is 4.05. The van der Waals surface area contributed by atoms with Crippen molar-refractivity contribution in [3.05, 3.63) is 5.82 Å². The third-order valence-electron chi connectivity index (χ3n) is 4.73. The Morgan fingerprint density at radius 3 is 2.78 bits per heavy atom. The molecule has 1 aromatic heterocycles. The highest BCUT2D eigenvalue weighted by molar-refractivity contribution is 7.99. The van der Waals surface area contributed by atoms with Crippen LogP contribution >= 0.6 is 11.8 Å². The minimum atomic E-state index is -0.278. The molecule has 2 saturated heterocycles. The Labute approximate surface area is 141 Å². The van der Waals surface area contributed by atoms with Gasteiger partial charge in [0.2, 0.25) is 5.91 Å². The van der Waals surface area contributed by atoms with Gasteiger partial charge < -0.3 is 15.2 Å². The van der Waals surface area contributed by atoms with E-state index in [-0.39, 0.29) is 11.9 Å². The number of hydrogen-bond donors (Lipinski definition) is 1. The highest BCUT2D eigenvalue weighted by Crippen LogP contribution is 2.31. The lowest BCUT2D eigenvalue weighted by Gasteiger charge is -2.22. The van der Waals surface area contributed by atoms with Crippen molar-refractivity contribution in [2.75, 3.05) is 38.5 Å². The zero-order valence-corrected chi connectivity index (χ0v) is 14.6. The first-order valence-electron chi connectivity index (χ1n) is 8.42. The predicted octanol–water partition coefficient (Wildman–Crippen LogP) is 0.625. The zero-order chi connectivity index (χ0) is 16.2. The topological polar surface area (TPSA) is 80.3 Å². The molecule has 128 valence electrons. The molecule has 0 bridgehead atoms. The molecule has 2 N–H and O–H groups in total. The molecular formula is C15H26N6OS. The van der Waals surface area contributed by atoms with Gasteiger partial charge in [0.1, 0.15) is 0 Å². The molecule has 2 fully saturated rings. The van der Waals surface area contributed by atoms with Crippen LogP contribution in [0.4, 0.5) is 0 Å². The summed E-state index contributed by atoms with van der Waals surface area (Å²) < 4.78 is 2.08. The summed E-state index contributed by atoms with van der Waals surface area (Å²) in [6.45, 7) is 4.78. The van der Waals surface area contributed by atoms with E-state index in [1.54, 1.807) is 11.8 Å². The van der Waals surface area contributed by atoms with E-state index in [4.69, 9.17) is 5.73 Å². The van der Waals surface area contributed by atoms with Crippen LogP contribution in [0.15, 0.2) is 5.16 Å². The standard InChI is InChI=1S/C15H26N6OS/c1-19-14(12-5-4-8-21(12)11-13(16)22)17-18-15(19)23-10-9-20-6-2-3-7-20/h12H,2-11H2,1H3,(H2,16,22). The van der Waals surface area contributed by atoms with E-state index >= 15 is 0 Å². The smallest absolute Gasteiger partial charge is 0.231 e. The van der Waals surface area contributed by atoms with E-state index in [1.165, 1.54) is 25.9 Å². The molecule has 3 rings (SSSR count). The van der Waals surface area contributed by atoms with Gasteiger partial charge in [-0.25, -0.2) is 0 Å². The van der Waals surface area contributed by atoms with Gasteiger partial charge in [0.25, 0.3) is 0 Å². The number of primary amides is 1. The lowest BCUT2D eigenvalue weighted by Crippen LogP contribution is -2.34. The fourth-order valence-corrected chi connectivity index (χ4v) is 4.44. The number of hydrogen-bond acceptors (Lipinski definition) is 6. The van der Waals surface area contributed by atoms with Gasteiger partial charge in [-0.15, -0.1) is 10.2 Å². The largest absolute Gasteiger partial charge is 0.369 e. The molecule has 1 unspecified atom stereocenters. The number of rotatable bonds is 7. The van der Waals surface area contributed by atoms with Gasteiger partial charge in [-0.2, -0.15) is 0 Å². The fraction of sp³-hybridized carbons (Fsp3) is 0.800. The van der Waals surface area contributed by atoms with E-state index in [0.29, 0.717) is 6.54 Å². The molecule has 1 aromatic rings. The zero-order valence-electron chi connectivity index (χ0n) is 13.8. The summed E-state index contributed by atoms with van der Waals surface area (Å²) in [6, 6.07) is 0.160. The van der Waals surface area contributed by atoms with Crippen molar-refractivity contribution in [3.63, 3.8) is 0 Å². The van der Waals surface area contributed by atoms with Crippen LogP contribution in [-0.2, 0) is 11.8 Å². The maximum Gasteiger partial charge on any atom is 0.231 e. The van der Waals surface area contributed by atoms with Crippen LogP contribution in [0, 0.1) is 0 Å². The van der Waals surface area contributed by atoms with Gasteiger partial charge >= 0.3 is 0 Å². The normalized spacial score (nSPS) is 22.9.